The molecule has 2 heterocycles. The Bertz CT molecular complexity index is 529. The summed E-state index contributed by atoms with van der Waals surface area (Å²) in [5.41, 5.74) is 0.977. The van der Waals surface area contributed by atoms with Crippen LogP contribution in [0, 0.1) is 10.1 Å². The lowest BCUT2D eigenvalue weighted by Crippen LogP contribution is -1.87. The Kier molecular flexibility index (Phi) is 2.45. The molecule has 2 aromatic rings. The van der Waals surface area contributed by atoms with Crippen molar-refractivity contribution in [2.45, 2.75) is 6.61 Å². The zero-order valence-corrected chi connectivity index (χ0v) is 8.45. The maximum atomic E-state index is 10.4. The van der Waals surface area contributed by atoms with E-state index in [9.17, 15) is 10.1 Å². The Balaban J connectivity index is 2.45. The average molecular weight is 223 g/mol. The molecule has 0 aliphatic carbocycles. The SMILES string of the molecule is Cn1cc(CO)c(-c2ccc([N+](=O)[O-])o2)n1. The van der Waals surface area contributed by atoms with Gasteiger partial charge in [-0.05, 0) is 6.07 Å². The lowest BCUT2D eigenvalue weighted by molar-refractivity contribution is -0.401. The molecule has 2 aromatic heterocycles. The number of aryl methyl sites for hydroxylation is 1. The van der Waals surface area contributed by atoms with Crippen LogP contribution in [0.4, 0.5) is 5.88 Å². The van der Waals surface area contributed by atoms with E-state index in [0.717, 1.165) is 0 Å². The Hall–Kier alpha value is -2.15. The first-order valence-corrected chi connectivity index (χ1v) is 4.50. The second-order valence-corrected chi connectivity index (χ2v) is 3.23. The molecule has 84 valence electrons. The summed E-state index contributed by atoms with van der Waals surface area (Å²) in [6.45, 7) is -0.197. The minimum atomic E-state index is -0.620. The molecular formula is C9H9N3O4. The molecule has 0 unspecified atom stereocenters. The molecule has 0 aliphatic rings. The van der Waals surface area contributed by atoms with E-state index in [-0.39, 0.29) is 18.3 Å². The standard InChI is InChI=1S/C9H9N3O4/c1-11-4-6(5-13)9(10-11)7-2-3-8(16-7)12(14)15/h2-4,13H,5H2,1H3. The molecule has 0 amide bonds. The van der Waals surface area contributed by atoms with Crippen molar-refractivity contribution >= 4 is 5.88 Å². The van der Waals surface area contributed by atoms with E-state index in [2.05, 4.69) is 5.10 Å². The summed E-state index contributed by atoms with van der Waals surface area (Å²) in [5.74, 6) is -0.0686. The van der Waals surface area contributed by atoms with Gasteiger partial charge in [0.2, 0.25) is 0 Å². The van der Waals surface area contributed by atoms with E-state index >= 15 is 0 Å². The minimum absolute atomic E-state index is 0.197. The molecule has 0 bridgehead atoms. The van der Waals surface area contributed by atoms with Crippen molar-refractivity contribution in [3.05, 3.63) is 34.0 Å². The molecule has 16 heavy (non-hydrogen) atoms. The first-order chi connectivity index (χ1) is 7.61. The smallest absolute Gasteiger partial charge is 0.399 e. The van der Waals surface area contributed by atoms with Gasteiger partial charge in [0.05, 0.1) is 12.7 Å². The Labute approximate surface area is 90.1 Å². The van der Waals surface area contributed by atoms with Gasteiger partial charge in [0.25, 0.3) is 0 Å². The number of rotatable bonds is 3. The summed E-state index contributed by atoms with van der Waals surface area (Å²) < 4.78 is 6.51. The quantitative estimate of drug-likeness (QED) is 0.620. The monoisotopic (exact) mass is 223 g/mol. The maximum Gasteiger partial charge on any atom is 0.433 e. The number of aliphatic hydroxyl groups is 1. The Morgan fingerprint density at radius 3 is 2.94 bits per heavy atom. The summed E-state index contributed by atoms with van der Waals surface area (Å²) in [5, 5.41) is 23.6. The highest BCUT2D eigenvalue weighted by Gasteiger charge is 2.17. The van der Waals surface area contributed by atoms with Gasteiger partial charge in [-0.3, -0.25) is 14.8 Å². The lowest BCUT2D eigenvalue weighted by atomic mass is 10.2. The van der Waals surface area contributed by atoms with Crippen LogP contribution in [0.25, 0.3) is 11.5 Å². The minimum Gasteiger partial charge on any atom is -0.399 e. The fourth-order valence-corrected chi connectivity index (χ4v) is 1.41. The second-order valence-electron chi connectivity index (χ2n) is 3.23. The Morgan fingerprint density at radius 1 is 1.62 bits per heavy atom. The lowest BCUT2D eigenvalue weighted by Gasteiger charge is -1.92. The topological polar surface area (TPSA) is 94.3 Å². The Morgan fingerprint density at radius 2 is 2.38 bits per heavy atom. The van der Waals surface area contributed by atoms with Gasteiger partial charge in [-0.15, -0.1) is 0 Å². The molecule has 0 aromatic carbocycles. The molecule has 7 nitrogen and oxygen atoms in total. The predicted molar refractivity (Wildman–Crippen MR) is 53.5 cm³/mol. The highest BCUT2D eigenvalue weighted by molar-refractivity contribution is 5.57. The van der Waals surface area contributed by atoms with Crippen LogP contribution in [-0.2, 0) is 13.7 Å². The molecule has 0 radical (unpaired) electrons. The molecule has 1 N–H and O–H groups in total. The van der Waals surface area contributed by atoms with Crippen molar-refractivity contribution in [2.24, 2.45) is 7.05 Å². The highest BCUT2D eigenvalue weighted by Crippen LogP contribution is 2.27. The van der Waals surface area contributed by atoms with E-state index in [1.807, 2.05) is 0 Å². The number of aliphatic hydroxyl groups excluding tert-OH is 1. The van der Waals surface area contributed by atoms with Crippen LogP contribution < -0.4 is 0 Å². The van der Waals surface area contributed by atoms with Gasteiger partial charge in [0, 0.05) is 18.8 Å². The predicted octanol–water partition coefficient (Wildman–Crippen LogP) is 1.08. The van der Waals surface area contributed by atoms with Gasteiger partial charge in [-0.25, -0.2) is 0 Å². The average Bonchev–Trinajstić information content (AvgIpc) is 2.82. The molecule has 0 aliphatic heterocycles. The number of aromatic nitrogens is 2. The number of hydrogen-bond acceptors (Lipinski definition) is 5. The van der Waals surface area contributed by atoms with Crippen LogP contribution in [0.1, 0.15) is 5.56 Å². The van der Waals surface area contributed by atoms with Crippen molar-refractivity contribution in [1.82, 2.24) is 9.78 Å². The summed E-state index contributed by atoms with van der Waals surface area (Å²) in [4.78, 5) is 9.82. The van der Waals surface area contributed by atoms with Gasteiger partial charge in [0.1, 0.15) is 10.6 Å². The first kappa shape index (κ1) is 10.4. The van der Waals surface area contributed by atoms with Crippen LogP contribution >= 0.6 is 0 Å². The number of nitro groups is 1. The summed E-state index contributed by atoms with van der Waals surface area (Å²) in [6.07, 6.45) is 1.63. The molecular weight excluding hydrogens is 214 g/mol. The number of nitrogens with zero attached hydrogens (tertiary/aromatic N) is 3. The normalized spacial score (nSPS) is 10.6. The van der Waals surface area contributed by atoms with Gasteiger partial charge in [0.15, 0.2) is 5.76 Å². The van der Waals surface area contributed by atoms with Crippen molar-refractivity contribution in [3.8, 4) is 11.5 Å². The van der Waals surface area contributed by atoms with E-state index in [0.29, 0.717) is 11.3 Å². The third-order valence-corrected chi connectivity index (χ3v) is 2.08. The molecule has 0 saturated carbocycles. The van der Waals surface area contributed by atoms with Crippen molar-refractivity contribution < 1.29 is 14.4 Å². The fraction of sp³-hybridized carbons (Fsp3) is 0.222. The fourth-order valence-electron chi connectivity index (χ4n) is 1.41. The molecule has 7 heteroatoms. The molecule has 0 spiro atoms. The van der Waals surface area contributed by atoms with Gasteiger partial charge < -0.3 is 9.52 Å². The van der Waals surface area contributed by atoms with Gasteiger partial charge in [-0.2, -0.15) is 5.10 Å². The third kappa shape index (κ3) is 1.68. The first-order valence-electron chi connectivity index (χ1n) is 4.50. The van der Waals surface area contributed by atoms with Gasteiger partial charge in [-0.1, -0.05) is 0 Å². The molecule has 2 rings (SSSR count). The van der Waals surface area contributed by atoms with Crippen LogP contribution in [0.3, 0.4) is 0 Å². The third-order valence-electron chi connectivity index (χ3n) is 2.08. The maximum absolute atomic E-state index is 10.4. The summed E-state index contributed by atoms with van der Waals surface area (Å²) in [7, 11) is 1.69. The summed E-state index contributed by atoms with van der Waals surface area (Å²) in [6, 6.07) is 2.71. The second kappa shape index (κ2) is 3.78. The number of furan rings is 1. The van der Waals surface area contributed by atoms with Crippen molar-refractivity contribution in [2.75, 3.05) is 0 Å². The van der Waals surface area contributed by atoms with Crippen LogP contribution in [-0.4, -0.2) is 19.8 Å². The van der Waals surface area contributed by atoms with E-state index in [4.69, 9.17) is 9.52 Å². The molecule has 0 fully saturated rings. The van der Waals surface area contributed by atoms with Crippen LogP contribution in [0.15, 0.2) is 22.7 Å². The highest BCUT2D eigenvalue weighted by atomic mass is 16.6. The van der Waals surface area contributed by atoms with E-state index in [1.54, 1.807) is 13.2 Å². The molecule has 0 atom stereocenters. The van der Waals surface area contributed by atoms with E-state index < -0.39 is 4.92 Å². The van der Waals surface area contributed by atoms with Crippen molar-refractivity contribution in [3.63, 3.8) is 0 Å². The largest absolute Gasteiger partial charge is 0.433 e. The summed E-state index contributed by atoms with van der Waals surface area (Å²) >= 11 is 0. The van der Waals surface area contributed by atoms with Gasteiger partial charge >= 0.3 is 5.88 Å². The molecule has 0 saturated heterocycles. The number of hydrogen-bond donors (Lipinski definition) is 1. The zero-order chi connectivity index (χ0) is 11.7. The van der Waals surface area contributed by atoms with Crippen LogP contribution in [0.2, 0.25) is 0 Å². The van der Waals surface area contributed by atoms with Crippen LogP contribution in [0.5, 0.6) is 0 Å². The zero-order valence-electron chi connectivity index (χ0n) is 8.45. The van der Waals surface area contributed by atoms with E-state index in [1.165, 1.54) is 16.8 Å². The van der Waals surface area contributed by atoms with Crippen molar-refractivity contribution in [1.29, 1.82) is 0 Å².